The van der Waals surface area contributed by atoms with Crippen LogP contribution < -0.4 is 11.1 Å². The Kier molecular flexibility index (Phi) is 3.06. The summed E-state index contributed by atoms with van der Waals surface area (Å²) in [7, 11) is 0. The maximum Gasteiger partial charge on any atom is 0.224 e. The molecule has 0 aliphatic heterocycles. The minimum atomic E-state index is -0.357. The average molecular weight is 239 g/mol. The van der Waals surface area contributed by atoms with Gasteiger partial charge in [0.2, 0.25) is 5.91 Å². The van der Waals surface area contributed by atoms with Crippen LogP contribution in [0.5, 0.6) is 0 Å². The van der Waals surface area contributed by atoms with E-state index in [1.807, 2.05) is 18.2 Å². The molecule has 0 spiro atoms. The van der Waals surface area contributed by atoms with E-state index < -0.39 is 0 Å². The standard InChI is InChI=1S/C12H15ClN2O/c1-7(12(14)16)10-5-4-9(6-11(10)13)15-8-2-3-8/h4-8,15H,2-3H2,1H3,(H2,14,16). The van der Waals surface area contributed by atoms with Crippen LogP contribution in [-0.4, -0.2) is 11.9 Å². The fourth-order valence-electron chi connectivity index (χ4n) is 1.58. The SMILES string of the molecule is CC(C(N)=O)c1ccc(NC2CC2)cc1Cl. The van der Waals surface area contributed by atoms with Gasteiger partial charge in [-0.15, -0.1) is 0 Å². The largest absolute Gasteiger partial charge is 0.382 e. The van der Waals surface area contributed by atoms with Gasteiger partial charge < -0.3 is 11.1 Å². The first-order chi connectivity index (χ1) is 7.58. The molecule has 16 heavy (non-hydrogen) atoms. The van der Waals surface area contributed by atoms with E-state index in [2.05, 4.69) is 5.32 Å². The Bertz CT molecular complexity index is 415. The zero-order valence-corrected chi connectivity index (χ0v) is 9.92. The summed E-state index contributed by atoms with van der Waals surface area (Å²) >= 11 is 6.12. The van der Waals surface area contributed by atoms with Crippen LogP contribution in [0.15, 0.2) is 18.2 Å². The summed E-state index contributed by atoms with van der Waals surface area (Å²) in [5, 5.41) is 3.95. The molecule has 1 unspecified atom stereocenters. The predicted molar refractivity (Wildman–Crippen MR) is 65.7 cm³/mol. The summed E-state index contributed by atoms with van der Waals surface area (Å²) in [6.45, 7) is 1.76. The fraction of sp³-hybridized carbons (Fsp3) is 0.417. The van der Waals surface area contributed by atoms with Crippen molar-refractivity contribution >= 4 is 23.2 Å². The van der Waals surface area contributed by atoms with Crippen molar-refractivity contribution in [3.05, 3.63) is 28.8 Å². The lowest BCUT2D eigenvalue weighted by Gasteiger charge is -2.12. The van der Waals surface area contributed by atoms with Gasteiger partial charge in [0.25, 0.3) is 0 Å². The molecule has 1 aromatic carbocycles. The van der Waals surface area contributed by atoms with Crippen molar-refractivity contribution in [1.29, 1.82) is 0 Å². The molecule has 4 heteroatoms. The highest BCUT2D eigenvalue weighted by Gasteiger charge is 2.21. The van der Waals surface area contributed by atoms with E-state index in [0.29, 0.717) is 11.1 Å². The van der Waals surface area contributed by atoms with Crippen molar-refractivity contribution in [2.45, 2.75) is 31.7 Å². The third kappa shape index (κ3) is 2.47. The summed E-state index contributed by atoms with van der Waals surface area (Å²) < 4.78 is 0. The summed E-state index contributed by atoms with van der Waals surface area (Å²) in [6, 6.07) is 6.26. The van der Waals surface area contributed by atoms with Gasteiger partial charge in [-0.25, -0.2) is 0 Å². The molecule has 0 radical (unpaired) electrons. The second-order valence-corrected chi connectivity index (χ2v) is 4.69. The maximum atomic E-state index is 11.1. The number of rotatable bonds is 4. The van der Waals surface area contributed by atoms with Crippen LogP contribution in [0.3, 0.4) is 0 Å². The van der Waals surface area contributed by atoms with Gasteiger partial charge in [0.15, 0.2) is 0 Å². The van der Waals surface area contributed by atoms with Crippen LogP contribution in [-0.2, 0) is 4.79 Å². The highest BCUT2D eigenvalue weighted by atomic mass is 35.5. The third-order valence-electron chi connectivity index (χ3n) is 2.84. The summed E-state index contributed by atoms with van der Waals surface area (Å²) in [4.78, 5) is 11.1. The molecular formula is C12H15ClN2O. The minimum absolute atomic E-state index is 0.345. The van der Waals surface area contributed by atoms with Crippen LogP contribution in [0, 0.1) is 0 Å². The van der Waals surface area contributed by atoms with Crippen LogP contribution in [0.25, 0.3) is 0 Å². The Morgan fingerprint density at radius 1 is 1.56 bits per heavy atom. The topological polar surface area (TPSA) is 55.1 Å². The number of primary amides is 1. The molecule has 0 aromatic heterocycles. The number of anilines is 1. The van der Waals surface area contributed by atoms with Crippen molar-refractivity contribution in [2.24, 2.45) is 5.73 Å². The van der Waals surface area contributed by atoms with Gasteiger partial charge in [0.05, 0.1) is 5.92 Å². The van der Waals surface area contributed by atoms with Crippen molar-refractivity contribution in [3.8, 4) is 0 Å². The number of hydrogen-bond donors (Lipinski definition) is 2. The van der Waals surface area contributed by atoms with Crippen molar-refractivity contribution in [2.75, 3.05) is 5.32 Å². The highest BCUT2D eigenvalue weighted by molar-refractivity contribution is 6.32. The first kappa shape index (κ1) is 11.3. The zero-order valence-electron chi connectivity index (χ0n) is 9.16. The molecule has 1 atom stereocenters. The second kappa shape index (κ2) is 4.34. The smallest absolute Gasteiger partial charge is 0.224 e. The Balaban J connectivity index is 2.18. The van der Waals surface area contributed by atoms with Gasteiger partial charge in [-0.3, -0.25) is 4.79 Å². The Morgan fingerprint density at radius 2 is 2.25 bits per heavy atom. The molecule has 3 nitrogen and oxygen atoms in total. The van der Waals surface area contributed by atoms with E-state index in [0.717, 1.165) is 11.3 Å². The van der Waals surface area contributed by atoms with Crippen LogP contribution in [0.4, 0.5) is 5.69 Å². The number of hydrogen-bond acceptors (Lipinski definition) is 2. The zero-order chi connectivity index (χ0) is 11.7. The highest BCUT2D eigenvalue weighted by Crippen LogP contribution is 2.30. The molecule has 3 N–H and O–H groups in total. The molecule has 1 aromatic rings. The van der Waals surface area contributed by atoms with Crippen molar-refractivity contribution in [1.82, 2.24) is 0 Å². The Morgan fingerprint density at radius 3 is 2.75 bits per heavy atom. The van der Waals surface area contributed by atoms with Crippen LogP contribution in [0.2, 0.25) is 5.02 Å². The number of carbonyl (C=O) groups is 1. The monoisotopic (exact) mass is 238 g/mol. The molecule has 1 aliphatic carbocycles. The molecular weight excluding hydrogens is 224 g/mol. The lowest BCUT2D eigenvalue weighted by atomic mass is 10.0. The maximum absolute atomic E-state index is 11.1. The molecule has 1 amide bonds. The van der Waals surface area contributed by atoms with E-state index in [-0.39, 0.29) is 11.8 Å². The molecule has 0 saturated heterocycles. The first-order valence-corrected chi connectivity index (χ1v) is 5.81. The van der Waals surface area contributed by atoms with E-state index in [9.17, 15) is 4.79 Å². The molecule has 86 valence electrons. The molecule has 1 aliphatic rings. The third-order valence-corrected chi connectivity index (χ3v) is 3.17. The van der Waals surface area contributed by atoms with E-state index in [1.165, 1.54) is 12.8 Å². The molecule has 0 heterocycles. The summed E-state index contributed by atoms with van der Waals surface area (Å²) in [5.41, 5.74) is 7.05. The lowest BCUT2D eigenvalue weighted by molar-refractivity contribution is -0.119. The normalized spacial score (nSPS) is 16.9. The van der Waals surface area contributed by atoms with Gasteiger partial charge >= 0.3 is 0 Å². The van der Waals surface area contributed by atoms with Gasteiger partial charge in [-0.2, -0.15) is 0 Å². The Hall–Kier alpha value is -1.22. The number of benzene rings is 1. The van der Waals surface area contributed by atoms with Gasteiger partial charge in [0, 0.05) is 16.8 Å². The molecule has 2 rings (SSSR count). The Labute approximate surface area is 100.0 Å². The predicted octanol–water partition coefficient (Wildman–Crippen LogP) is 2.50. The first-order valence-electron chi connectivity index (χ1n) is 5.43. The molecule has 1 saturated carbocycles. The van der Waals surface area contributed by atoms with Crippen molar-refractivity contribution in [3.63, 3.8) is 0 Å². The number of nitrogens with one attached hydrogen (secondary N) is 1. The van der Waals surface area contributed by atoms with Crippen LogP contribution >= 0.6 is 11.6 Å². The number of nitrogens with two attached hydrogens (primary N) is 1. The average Bonchev–Trinajstić information content (AvgIpc) is 3.01. The van der Waals surface area contributed by atoms with E-state index in [1.54, 1.807) is 6.92 Å². The molecule has 1 fully saturated rings. The van der Waals surface area contributed by atoms with Gasteiger partial charge in [-0.05, 0) is 37.5 Å². The number of carbonyl (C=O) groups excluding carboxylic acids is 1. The van der Waals surface area contributed by atoms with E-state index >= 15 is 0 Å². The van der Waals surface area contributed by atoms with Gasteiger partial charge in [0.1, 0.15) is 0 Å². The van der Waals surface area contributed by atoms with Crippen LogP contribution in [0.1, 0.15) is 31.2 Å². The lowest BCUT2D eigenvalue weighted by Crippen LogP contribution is -2.19. The quantitative estimate of drug-likeness (QED) is 0.847. The fourth-order valence-corrected chi connectivity index (χ4v) is 1.93. The molecule has 0 bridgehead atoms. The second-order valence-electron chi connectivity index (χ2n) is 4.28. The van der Waals surface area contributed by atoms with Crippen molar-refractivity contribution < 1.29 is 4.79 Å². The number of halogens is 1. The van der Waals surface area contributed by atoms with Gasteiger partial charge in [-0.1, -0.05) is 17.7 Å². The number of amides is 1. The summed E-state index contributed by atoms with van der Waals surface area (Å²) in [5.74, 6) is -0.702. The summed E-state index contributed by atoms with van der Waals surface area (Å²) in [6.07, 6.45) is 2.44. The minimum Gasteiger partial charge on any atom is -0.382 e. The van der Waals surface area contributed by atoms with E-state index in [4.69, 9.17) is 17.3 Å².